The SMILES string of the molecule is CC(C)(O)CC1CCCC1F. The zero-order valence-corrected chi connectivity index (χ0v) is 7.31. The largest absolute Gasteiger partial charge is 0.390 e. The van der Waals surface area contributed by atoms with Gasteiger partial charge in [0.05, 0.1) is 5.60 Å². The molecule has 1 fully saturated rings. The van der Waals surface area contributed by atoms with E-state index in [4.69, 9.17) is 0 Å². The minimum Gasteiger partial charge on any atom is -0.390 e. The minimum absolute atomic E-state index is 0.106. The Balaban J connectivity index is 2.37. The highest BCUT2D eigenvalue weighted by atomic mass is 19.1. The molecule has 0 bridgehead atoms. The maximum Gasteiger partial charge on any atom is 0.103 e. The molecule has 0 amide bonds. The first kappa shape index (κ1) is 8.98. The van der Waals surface area contributed by atoms with Crippen LogP contribution in [0, 0.1) is 5.92 Å². The summed E-state index contributed by atoms with van der Waals surface area (Å²) < 4.78 is 13.0. The van der Waals surface area contributed by atoms with Gasteiger partial charge in [-0.25, -0.2) is 4.39 Å². The molecule has 1 saturated carbocycles. The van der Waals surface area contributed by atoms with E-state index >= 15 is 0 Å². The van der Waals surface area contributed by atoms with E-state index in [-0.39, 0.29) is 5.92 Å². The fourth-order valence-electron chi connectivity index (χ4n) is 1.86. The molecule has 0 aromatic carbocycles. The van der Waals surface area contributed by atoms with Crippen molar-refractivity contribution in [3.05, 3.63) is 0 Å². The van der Waals surface area contributed by atoms with Crippen molar-refractivity contribution >= 4 is 0 Å². The van der Waals surface area contributed by atoms with Crippen LogP contribution in [0.15, 0.2) is 0 Å². The summed E-state index contributed by atoms with van der Waals surface area (Å²) in [7, 11) is 0. The first-order valence-electron chi connectivity index (χ1n) is 4.35. The van der Waals surface area contributed by atoms with Gasteiger partial charge in [0.25, 0.3) is 0 Å². The summed E-state index contributed by atoms with van der Waals surface area (Å²) in [6, 6.07) is 0. The lowest BCUT2D eigenvalue weighted by Crippen LogP contribution is -2.25. The monoisotopic (exact) mass is 160 g/mol. The van der Waals surface area contributed by atoms with E-state index < -0.39 is 11.8 Å². The molecule has 2 atom stereocenters. The van der Waals surface area contributed by atoms with Crippen LogP contribution in [0.3, 0.4) is 0 Å². The van der Waals surface area contributed by atoms with Gasteiger partial charge in [-0.3, -0.25) is 0 Å². The van der Waals surface area contributed by atoms with E-state index in [0.29, 0.717) is 12.8 Å². The van der Waals surface area contributed by atoms with Gasteiger partial charge in [-0.05, 0) is 39.0 Å². The lowest BCUT2D eigenvalue weighted by atomic mass is 9.92. The number of rotatable bonds is 2. The van der Waals surface area contributed by atoms with Crippen LogP contribution in [0.2, 0.25) is 0 Å². The van der Waals surface area contributed by atoms with Gasteiger partial charge in [-0.1, -0.05) is 6.42 Å². The topological polar surface area (TPSA) is 20.2 Å². The Morgan fingerprint density at radius 3 is 2.45 bits per heavy atom. The Morgan fingerprint density at radius 1 is 1.45 bits per heavy atom. The van der Waals surface area contributed by atoms with Crippen LogP contribution in [0.25, 0.3) is 0 Å². The average Bonchev–Trinajstić information content (AvgIpc) is 2.12. The Labute approximate surface area is 67.6 Å². The summed E-state index contributed by atoms with van der Waals surface area (Å²) in [6.07, 6.45) is 2.57. The molecule has 66 valence electrons. The van der Waals surface area contributed by atoms with E-state index in [9.17, 15) is 9.50 Å². The number of hydrogen-bond acceptors (Lipinski definition) is 1. The maximum absolute atomic E-state index is 13.0. The zero-order valence-electron chi connectivity index (χ0n) is 7.31. The molecule has 1 nitrogen and oxygen atoms in total. The van der Waals surface area contributed by atoms with Gasteiger partial charge in [0.1, 0.15) is 6.17 Å². The van der Waals surface area contributed by atoms with Crippen molar-refractivity contribution < 1.29 is 9.50 Å². The number of alkyl halides is 1. The second kappa shape index (κ2) is 3.10. The zero-order chi connectivity index (χ0) is 8.48. The molecule has 1 rings (SSSR count). The maximum atomic E-state index is 13.0. The van der Waals surface area contributed by atoms with Crippen molar-refractivity contribution in [2.75, 3.05) is 0 Å². The first-order chi connectivity index (χ1) is 4.99. The molecule has 1 N–H and O–H groups in total. The molecular formula is C9H17FO. The molecule has 0 heterocycles. The van der Waals surface area contributed by atoms with Crippen LogP contribution >= 0.6 is 0 Å². The number of halogens is 1. The predicted octanol–water partition coefficient (Wildman–Crippen LogP) is 2.29. The highest BCUT2D eigenvalue weighted by molar-refractivity contribution is 4.82. The van der Waals surface area contributed by atoms with Crippen LogP contribution in [-0.2, 0) is 0 Å². The summed E-state index contributed by atoms with van der Waals surface area (Å²) in [6.45, 7) is 3.50. The standard InChI is InChI=1S/C9H17FO/c1-9(2,11)6-7-4-3-5-8(7)10/h7-8,11H,3-6H2,1-2H3. The van der Waals surface area contributed by atoms with Gasteiger partial charge in [0.2, 0.25) is 0 Å². The second-order valence-corrected chi connectivity index (χ2v) is 4.22. The molecule has 2 unspecified atom stereocenters. The normalized spacial score (nSPS) is 32.7. The average molecular weight is 160 g/mol. The molecule has 0 aromatic rings. The summed E-state index contributed by atoms with van der Waals surface area (Å²) in [5.41, 5.74) is -0.695. The molecular weight excluding hydrogens is 143 g/mol. The first-order valence-corrected chi connectivity index (χ1v) is 4.35. The van der Waals surface area contributed by atoms with Crippen molar-refractivity contribution in [3.63, 3.8) is 0 Å². The molecule has 0 aliphatic heterocycles. The van der Waals surface area contributed by atoms with Crippen LogP contribution in [0.1, 0.15) is 39.5 Å². The third-order valence-corrected chi connectivity index (χ3v) is 2.33. The van der Waals surface area contributed by atoms with Crippen LogP contribution in [0.5, 0.6) is 0 Å². The van der Waals surface area contributed by atoms with Crippen LogP contribution in [-0.4, -0.2) is 16.9 Å². The predicted molar refractivity (Wildman–Crippen MR) is 43.2 cm³/mol. The Hall–Kier alpha value is -0.110. The van der Waals surface area contributed by atoms with Gasteiger partial charge in [-0.2, -0.15) is 0 Å². The summed E-state index contributed by atoms with van der Waals surface area (Å²) in [4.78, 5) is 0. The second-order valence-electron chi connectivity index (χ2n) is 4.22. The van der Waals surface area contributed by atoms with Crippen molar-refractivity contribution in [1.29, 1.82) is 0 Å². The minimum atomic E-state index is -0.695. The number of aliphatic hydroxyl groups is 1. The summed E-state index contributed by atoms with van der Waals surface area (Å²) in [5, 5.41) is 9.43. The van der Waals surface area contributed by atoms with E-state index in [1.54, 1.807) is 13.8 Å². The van der Waals surface area contributed by atoms with Gasteiger partial charge >= 0.3 is 0 Å². The fourth-order valence-corrected chi connectivity index (χ4v) is 1.86. The van der Waals surface area contributed by atoms with Crippen LogP contribution < -0.4 is 0 Å². The molecule has 0 radical (unpaired) electrons. The Bertz CT molecular complexity index is 128. The lowest BCUT2D eigenvalue weighted by molar-refractivity contribution is 0.0410. The summed E-state index contributed by atoms with van der Waals surface area (Å²) >= 11 is 0. The van der Waals surface area contributed by atoms with Gasteiger partial charge in [0.15, 0.2) is 0 Å². The van der Waals surface area contributed by atoms with Crippen LogP contribution in [0.4, 0.5) is 4.39 Å². The van der Waals surface area contributed by atoms with Crippen molar-refractivity contribution in [2.45, 2.75) is 51.3 Å². The Morgan fingerprint density at radius 2 is 2.09 bits per heavy atom. The lowest BCUT2D eigenvalue weighted by Gasteiger charge is -2.22. The van der Waals surface area contributed by atoms with E-state index in [0.717, 1.165) is 12.8 Å². The van der Waals surface area contributed by atoms with Crippen molar-refractivity contribution in [2.24, 2.45) is 5.92 Å². The fraction of sp³-hybridized carbons (Fsp3) is 1.00. The molecule has 2 heteroatoms. The number of hydrogen-bond donors (Lipinski definition) is 1. The van der Waals surface area contributed by atoms with Crippen molar-refractivity contribution in [3.8, 4) is 0 Å². The third-order valence-electron chi connectivity index (χ3n) is 2.33. The molecule has 0 spiro atoms. The molecule has 1 aliphatic rings. The van der Waals surface area contributed by atoms with Gasteiger partial charge in [0, 0.05) is 0 Å². The van der Waals surface area contributed by atoms with E-state index in [1.807, 2.05) is 0 Å². The van der Waals surface area contributed by atoms with E-state index in [2.05, 4.69) is 0 Å². The van der Waals surface area contributed by atoms with Crippen molar-refractivity contribution in [1.82, 2.24) is 0 Å². The smallest absolute Gasteiger partial charge is 0.103 e. The van der Waals surface area contributed by atoms with Gasteiger partial charge < -0.3 is 5.11 Å². The van der Waals surface area contributed by atoms with Gasteiger partial charge in [-0.15, -0.1) is 0 Å². The third kappa shape index (κ3) is 2.78. The Kier molecular flexibility index (Phi) is 2.53. The quantitative estimate of drug-likeness (QED) is 0.657. The van der Waals surface area contributed by atoms with E-state index in [1.165, 1.54) is 0 Å². The summed E-state index contributed by atoms with van der Waals surface area (Å²) in [5.74, 6) is 0.106. The molecule has 0 saturated heterocycles. The molecule has 0 aromatic heterocycles. The molecule has 11 heavy (non-hydrogen) atoms. The molecule has 1 aliphatic carbocycles. The highest BCUT2D eigenvalue weighted by Gasteiger charge is 2.31. The highest BCUT2D eigenvalue weighted by Crippen LogP contribution is 2.33.